The molecule has 0 fully saturated rings. The molecule has 0 heterocycles. The molecule has 0 aliphatic carbocycles. The zero-order chi connectivity index (χ0) is 16.7. The van der Waals surface area contributed by atoms with Gasteiger partial charge in [-0.3, -0.25) is 9.98 Å². The van der Waals surface area contributed by atoms with Gasteiger partial charge < -0.3 is 10.2 Å². The van der Waals surface area contributed by atoms with Crippen LogP contribution in [0.25, 0.3) is 0 Å². The fourth-order valence-electron chi connectivity index (χ4n) is 1.84. The van der Waals surface area contributed by atoms with E-state index in [0.29, 0.717) is 30.6 Å². The normalized spacial score (nSPS) is 11.6. The van der Waals surface area contributed by atoms with Gasteiger partial charge in [0.05, 0.1) is 0 Å². The highest BCUT2D eigenvalue weighted by atomic mass is 19.1. The summed E-state index contributed by atoms with van der Waals surface area (Å²) in [6.45, 7) is 0.894. The van der Waals surface area contributed by atoms with E-state index in [4.69, 9.17) is 0 Å². The van der Waals surface area contributed by atoms with E-state index < -0.39 is 11.6 Å². The number of halogens is 2. The first-order valence-corrected chi connectivity index (χ1v) is 7.03. The molecule has 0 radical (unpaired) electrons. The zero-order valence-corrected chi connectivity index (χ0v) is 12.3. The van der Waals surface area contributed by atoms with Crippen LogP contribution in [0.4, 0.5) is 8.78 Å². The molecular formula is C17H16F2N2O2. The van der Waals surface area contributed by atoms with Crippen LogP contribution in [-0.2, 0) is 0 Å². The van der Waals surface area contributed by atoms with Crippen LogP contribution < -0.4 is 0 Å². The van der Waals surface area contributed by atoms with Crippen molar-refractivity contribution in [1.82, 2.24) is 0 Å². The van der Waals surface area contributed by atoms with Gasteiger partial charge in [-0.15, -0.1) is 0 Å². The lowest BCUT2D eigenvalue weighted by Crippen LogP contribution is -1.91. The van der Waals surface area contributed by atoms with Crippen LogP contribution in [0, 0.1) is 11.6 Å². The van der Waals surface area contributed by atoms with Crippen molar-refractivity contribution in [3.05, 3.63) is 59.2 Å². The summed E-state index contributed by atoms with van der Waals surface area (Å²) in [5.41, 5.74) is 0.636. The van der Waals surface area contributed by atoms with Crippen LogP contribution in [-0.4, -0.2) is 35.7 Å². The van der Waals surface area contributed by atoms with E-state index in [1.807, 2.05) is 0 Å². The molecule has 2 aromatic carbocycles. The first-order chi connectivity index (χ1) is 11.1. The van der Waals surface area contributed by atoms with Crippen molar-refractivity contribution in [3.8, 4) is 11.5 Å². The van der Waals surface area contributed by atoms with Crippen LogP contribution in [0.2, 0.25) is 0 Å². The maximum Gasteiger partial charge on any atom is 0.124 e. The van der Waals surface area contributed by atoms with E-state index in [0.717, 1.165) is 0 Å². The summed E-state index contributed by atoms with van der Waals surface area (Å²) in [5.74, 6) is -0.947. The van der Waals surface area contributed by atoms with Crippen LogP contribution >= 0.6 is 0 Å². The highest BCUT2D eigenvalue weighted by Gasteiger charge is 2.00. The first kappa shape index (κ1) is 16.6. The smallest absolute Gasteiger partial charge is 0.124 e. The monoisotopic (exact) mass is 318 g/mol. The van der Waals surface area contributed by atoms with E-state index in [-0.39, 0.29) is 11.5 Å². The van der Waals surface area contributed by atoms with Gasteiger partial charge in [0.2, 0.25) is 0 Å². The summed E-state index contributed by atoms with van der Waals surface area (Å²) in [5, 5.41) is 19.0. The van der Waals surface area contributed by atoms with Gasteiger partial charge in [-0.05, 0) is 42.8 Å². The number of phenolic OH excluding ortho intramolecular Hbond substituents is 2. The number of rotatable bonds is 6. The molecule has 2 N–H and O–H groups in total. The van der Waals surface area contributed by atoms with E-state index in [1.165, 1.54) is 48.8 Å². The van der Waals surface area contributed by atoms with Crippen molar-refractivity contribution in [2.45, 2.75) is 6.42 Å². The SMILES string of the molecule is Oc1ccc(F)cc1C=NCCCN=Cc1cc(F)ccc1O. The highest BCUT2D eigenvalue weighted by molar-refractivity contribution is 5.83. The molecule has 4 nitrogen and oxygen atoms in total. The van der Waals surface area contributed by atoms with Crippen LogP contribution in [0.1, 0.15) is 17.5 Å². The molecule has 0 unspecified atom stereocenters. The van der Waals surface area contributed by atoms with Crippen molar-refractivity contribution >= 4 is 12.4 Å². The van der Waals surface area contributed by atoms with Gasteiger partial charge in [0.1, 0.15) is 23.1 Å². The first-order valence-electron chi connectivity index (χ1n) is 7.03. The maximum absolute atomic E-state index is 13.0. The average Bonchev–Trinajstić information content (AvgIpc) is 2.52. The van der Waals surface area contributed by atoms with E-state index >= 15 is 0 Å². The van der Waals surface area contributed by atoms with Crippen molar-refractivity contribution < 1.29 is 19.0 Å². The summed E-state index contributed by atoms with van der Waals surface area (Å²) < 4.78 is 26.0. The van der Waals surface area contributed by atoms with Gasteiger partial charge in [-0.2, -0.15) is 0 Å². The zero-order valence-electron chi connectivity index (χ0n) is 12.3. The van der Waals surface area contributed by atoms with Crippen LogP contribution in [0.15, 0.2) is 46.4 Å². The molecule has 0 saturated heterocycles. The fraction of sp³-hybridized carbons (Fsp3) is 0.176. The summed E-state index contributed by atoms with van der Waals surface area (Å²) in [7, 11) is 0. The molecule has 0 aliphatic heterocycles. The summed E-state index contributed by atoms with van der Waals surface area (Å²) in [4.78, 5) is 8.17. The molecule has 120 valence electrons. The second kappa shape index (κ2) is 8.03. The van der Waals surface area contributed by atoms with Crippen molar-refractivity contribution in [1.29, 1.82) is 0 Å². The number of benzene rings is 2. The van der Waals surface area contributed by atoms with Crippen molar-refractivity contribution in [2.75, 3.05) is 13.1 Å². The highest BCUT2D eigenvalue weighted by Crippen LogP contribution is 2.16. The Morgan fingerprint density at radius 3 is 1.65 bits per heavy atom. The quantitative estimate of drug-likeness (QED) is 0.634. The van der Waals surface area contributed by atoms with Crippen molar-refractivity contribution in [2.24, 2.45) is 9.98 Å². The van der Waals surface area contributed by atoms with Crippen LogP contribution in [0.3, 0.4) is 0 Å². The number of aromatic hydroxyl groups is 2. The minimum absolute atomic E-state index is 0.0326. The minimum atomic E-state index is -0.441. The largest absolute Gasteiger partial charge is 0.507 e. The van der Waals surface area contributed by atoms with Gasteiger partial charge in [0, 0.05) is 36.6 Å². The molecule has 2 aromatic rings. The van der Waals surface area contributed by atoms with E-state index in [1.54, 1.807) is 0 Å². The lowest BCUT2D eigenvalue weighted by atomic mass is 10.2. The Labute approximate surface area is 132 Å². The Kier molecular flexibility index (Phi) is 5.80. The predicted octanol–water partition coefficient (Wildman–Crippen LogP) is 3.30. The average molecular weight is 318 g/mol. The molecule has 23 heavy (non-hydrogen) atoms. The molecule has 0 atom stereocenters. The molecule has 0 bridgehead atoms. The molecule has 0 amide bonds. The third-order valence-electron chi connectivity index (χ3n) is 3.01. The fourth-order valence-corrected chi connectivity index (χ4v) is 1.84. The van der Waals surface area contributed by atoms with Gasteiger partial charge in [-0.25, -0.2) is 8.78 Å². The Balaban J connectivity index is 1.79. The second-order valence-electron chi connectivity index (χ2n) is 4.83. The number of hydrogen-bond acceptors (Lipinski definition) is 4. The van der Waals surface area contributed by atoms with E-state index in [9.17, 15) is 19.0 Å². The molecule has 6 heteroatoms. The molecule has 0 aliphatic rings. The standard InChI is InChI=1S/C17H16F2N2O2/c18-14-2-4-16(22)12(8-14)10-20-6-1-7-21-11-13-9-15(19)3-5-17(13)23/h2-5,8-11,22-23H,1,6-7H2. The van der Waals surface area contributed by atoms with Crippen molar-refractivity contribution in [3.63, 3.8) is 0 Å². The third kappa shape index (κ3) is 5.18. The molecule has 2 rings (SSSR count). The topological polar surface area (TPSA) is 65.2 Å². The lowest BCUT2D eigenvalue weighted by Gasteiger charge is -1.99. The van der Waals surface area contributed by atoms with Gasteiger partial charge in [0.15, 0.2) is 0 Å². The van der Waals surface area contributed by atoms with Gasteiger partial charge in [-0.1, -0.05) is 0 Å². The molecule has 0 saturated carbocycles. The number of nitrogens with zero attached hydrogens (tertiary/aromatic N) is 2. The van der Waals surface area contributed by atoms with Crippen LogP contribution in [0.5, 0.6) is 11.5 Å². The third-order valence-corrected chi connectivity index (χ3v) is 3.01. The van der Waals surface area contributed by atoms with Gasteiger partial charge >= 0.3 is 0 Å². The number of hydrogen-bond donors (Lipinski definition) is 2. The maximum atomic E-state index is 13.0. The van der Waals surface area contributed by atoms with E-state index in [2.05, 4.69) is 9.98 Å². The summed E-state index contributed by atoms with van der Waals surface area (Å²) in [6.07, 6.45) is 3.43. The molecule has 0 spiro atoms. The number of aliphatic imine (C=N–C) groups is 2. The Morgan fingerprint density at radius 2 is 1.22 bits per heavy atom. The van der Waals surface area contributed by atoms with Gasteiger partial charge in [0.25, 0.3) is 0 Å². The summed E-state index contributed by atoms with van der Waals surface area (Å²) >= 11 is 0. The lowest BCUT2D eigenvalue weighted by molar-refractivity contribution is 0.471. The Morgan fingerprint density at radius 1 is 0.783 bits per heavy atom. The summed E-state index contributed by atoms with van der Waals surface area (Å²) in [6, 6.07) is 7.28. The predicted molar refractivity (Wildman–Crippen MR) is 85.7 cm³/mol. The minimum Gasteiger partial charge on any atom is -0.507 e. The molecule has 0 aromatic heterocycles. The Bertz CT molecular complexity index is 669. The Hall–Kier alpha value is -2.76. The second-order valence-corrected chi connectivity index (χ2v) is 4.83. The number of phenols is 2. The molecular weight excluding hydrogens is 302 g/mol.